The van der Waals surface area contributed by atoms with Gasteiger partial charge in [-0.1, -0.05) is 42.2 Å². The van der Waals surface area contributed by atoms with Crippen LogP contribution in [0.3, 0.4) is 0 Å². The van der Waals surface area contributed by atoms with Crippen LogP contribution in [0.1, 0.15) is 22.3 Å². The van der Waals surface area contributed by atoms with E-state index in [4.69, 9.17) is 21.7 Å². The summed E-state index contributed by atoms with van der Waals surface area (Å²) in [6, 6.07) is 10.9. The lowest BCUT2D eigenvalue weighted by atomic mass is 10.2. The molecule has 0 aromatic heterocycles. The maximum Gasteiger partial charge on any atom is 0.266 e. The van der Waals surface area contributed by atoms with E-state index >= 15 is 0 Å². The van der Waals surface area contributed by atoms with Crippen LogP contribution in [0, 0.1) is 0 Å². The third-order valence-corrected chi connectivity index (χ3v) is 5.92. The maximum atomic E-state index is 12.8. The number of rotatable bonds is 8. The van der Waals surface area contributed by atoms with Crippen molar-refractivity contribution >= 4 is 57.8 Å². The number of benzene rings is 2. The zero-order chi connectivity index (χ0) is 23.3. The van der Waals surface area contributed by atoms with Gasteiger partial charge >= 0.3 is 0 Å². The molecule has 32 heavy (non-hydrogen) atoms. The lowest BCUT2D eigenvalue weighted by Crippen LogP contribution is -2.31. The van der Waals surface area contributed by atoms with E-state index in [0.717, 1.165) is 17.3 Å². The molecule has 0 radical (unpaired) electrons. The lowest BCUT2D eigenvalue weighted by Gasteiger charge is -2.14. The first kappa shape index (κ1) is 23.3. The first-order valence-electron chi connectivity index (χ1n) is 9.41. The minimum absolute atomic E-state index is 0.0156. The highest BCUT2D eigenvalue weighted by Gasteiger charge is 2.32. The van der Waals surface area contributed by atoms with Crippen LogP contribution in [-0.2, 0) is 9.59 Å². The molecule has 0 spiro atoms. The summed E-state index contributed by atoms with van der Waals surface area (Å²) in [7, 11) is 3.07. The number of hydrogen-bond acceptors (Lipinski definition) is 8. The smallest absolute Gasteiger partial charge is 0.266 e. The van der Waals surface area contributed by atoms with Crippen molar-refractivity contribution in [2.24, 2.45) is 0 Å². The monoisotopic (exact) mass is 471 g/mol. The number of anilines is 1. The zero-order valence-corrected chi connectivity index (χ0v) is 18.9. The first-order valence-corrected chi connectivity index (χ1v) is 10.6. The van der Waals surface area contributed by atoms with Crippen molar-refractivity contribution in [2.75, 3.05) is 26.1 Å². The molecular weight excluding hydrogens is 452 g/mol. The Morgan fingerprint density at radius 1 is 1.12 bits per heavy atom. The third kappa shape index (κ3) is 5.45. The zero-order valence-electron chi connectivity index (χ0n) is 17.2. The summed E-state index contributed by atoms with van der Waals surface area (Å²) >= 11 is 6.47. The fraction of sp³-hybridized carbons (Fsp3) is 0.182. The minimum Gasteiger partial charge on any atom is -0.545 e. The Balaban J connectivity index is 1.61. The molecule has 2 amide bonds. The van der Waals surface area contributed by atoms with Gasteiger partial charge in [-0.3, -0.25) is 14.5 Å². The molecule has 0 saturated carbocycles. The third-order valence-electron chi connectivity index (χ3n) is 4.55. The molecule has 1 saturated heterocycles. The second kappa shape index (κ2) is 10.3. The molecule has 3 rings (SSSR count). The van der Waals surface area contributed by atoms with Crippen molar-refractivity contribution < 1.29 is 29.0 Å². The summed E-state index contributed by atoms with van der Waals surface area (Å²) in [5, 5.41) is 13.4. The van der Waals surface area contributed by atoms with Crippen LogP contribution in [0.5, 0.6) is 11.5 Å². The molecule has 2 aromatic rings. The Kier molecular flexibility index (Phi) is 7.49. The summed E-state index contributed by atoms with van der Waals surface area (Å²) < 4.78 is 10.9. The largest absolute Gasteiger partial charge is 0.545 e. The number of ether oxygens (including phenoxy) is 2. The molecule has 0 unspecified atom stereocenters. The van der Waals surface area contributed by atoms with Crippen LogP contribution in [0.25, 0.3) is 6.08 Å². The molecule has 166 valence electrons. The van der Waals surface area contributed by atoms with Crippen molar-refractivity contribution in [1.29, 1.82) is 0 Å². The van der Waals surface area contributed by atoms with E-state index in [0.29, 0.717) is 26.4 Å². The normalized spacial score (nSPS) is 14.6. The predicted molar refractivity (Wildman–Crippen MR) is 123 cm³/mol. The lowest BCUT2D eigenvalue weighted by molar-refractivity contribution is -0.255. The van der Waals surface area contributed by atoms with Gasteiger partial charge in [0.2, 0.25) is 5.91 Å². The standard InChI is InChI=1S/C22H20N2O6S2/c1-29-16-8-3-13(11-17(16)30-2)12-18-20(26)24(22(31)32-18)10-9-19(25)23-15-6-4-14(5-7-15)21(27)28/h3-8,11-12H,9-10H2,1-2H3,(H,23,25)(H,27,28)/p-1. The minimum atomic E-state index is -1.29. The van der Waals surface area contributed by atoms with Gasteiger partial charge in [0.1, 0.15) is 4.32 Å². The summed E-state index contributed by atoms with van der Waals surface area (Å²) in [5.41, 5.74) is 1.21. The van der Waals surface area contributed by atoms with Crippen molar-refractivity contribution in [3.63, 3.8) is 0 Å². The number of thiocarbonyl (C=S) groups is 1. The number of nitrogens with zero attached hydrogens (tertiary/aromatic N) is 1. The van der Waals surface area contributed by atoms with Gasteiger partial charge in [-0.2, -0.15) is 0 Å². The molecule has 0 bridgehead atoms. The van der Waals surface area contributed by atoms with Crippen molar-refractivity contribution in [2.45, 2.75) is 6.42 Å². The van der Waals surface area contributed by atoms with Gasteiger partial charge in [-0.25, -0.2) is 0 Å². The second-order valence-corrected chi connectivity index (χ2v) is 8.29. The van der Waals surface area contributed by atoms with Gasteiger partial charge in [-0.05, 0) is 41.5 Å². The summed E-state index contributed by atoms with van der Waals surface area (Å²) in [5.74, 6) is -0.776. The van der Waals surface area contributed by atoms with Crippen LogP contribution in [0.15, 0.2) is 47.4 Å². The molecule has 1 fully saturated rings. The Hall–Kier alpha value is -3.37. The molecule has 1 aliphatic heterocycles. The maximum absolute atomic E-state index is 12.8. The van der Waals surface area contributed by atoms with Gasteiger partial charge in [0.05, 0.1) is 25.1 Å². The molecule has 0 aliphatic carbocycles. The van der Waals surface area contributed by atoms with Crippen molar-refractivity contribution in [3.05, 3.63) is 58.5 Å². The van der Waals surface area contributed by atoms with Crippen molar-refractivity contribution in [1.82, 2.24) is 4.90 Å². The van der Waals surface area contributed by atoms with E-state index in [9.17, 15) is 19.5 Å². The Labute approximate surface area is 194 Å². The average Bonchev–Trinajstić information content (AvgIpc) is 3.04. The Morgan fingerprint density at radius 2 is 1.81 bits per heavy atom. The van der Waals surface area contributed by atoms with Gasteiger partial charge < -0.3 is 24.7 Å². The van der Waals surface area contributed by atoms with Crippen LogP contribution < -0.4 is 19.9 Å². The number of nitrogens with one attached hydrogen (secondary N) is 1. The van der Waals surface area contributed by atoms with Crippen molar-refractivity contribution in [3.8, 4) is 11.5 Å². The van der Waals surface area contributed by atoms with E-state index in [2.05, 4.69) is 5.32 Å². The highest BCUT2D eigenvalue weighted by Crippen LogP contribution is 2.34. The van der Waals surface area contributed by atoms with Crippen LogP contribution in [0.2, 0.25) is 0 Å². The number of hydrogen-bond donors (Lipinski definition) is 1. The molecule has 1 aliphatic rings. The van der Waals surface area contributed by atoms with Gasteiger partial charge in [0.15, 0.2) is 11.5 Å². The van der Waals surface area contributed by atoms with E-state index in [1.165, 1.54) is 36.3 Å². The number of carbonyl (C=O) groups excluding carboxylic acids is 3. The first-order chi connectivity index (χ1) is 15.3. The highest BCUT2D eigenvalue weighted by atomic mass is 32.2. The fourth-order valence-electron chi connectivity index (χ4n) is 2.91. The molecule has 1 heterocycles. The molecule has 10 heteroatoms. The molecule has 8 nitrogen and oxygen atoms in total. The quantitative estimate of drug-likeness (QED) is 0.462. The Bertz CT molecular complexity index is 1100. The number of amides is 2. The van der Waals surface area contributed by atoms with E-state index in [1.807, 2.05) is 0 Å². The number of thioether (sulfide) groups is 1. The number of methoxy groups -OCH3 is 2. The van der Waals surface area contributed by atoms with Gasteiger partial charge in [0.25, 0.3) is 5.91 Å². The topological polar surface area (TPSA) is 108 Å². The van der Waals surface area contributed by atoms with Gasteiger partial charge in [0, 0.05) is 18.7 Å². The predicted octanol–water partition coefficient (Wildman–Crippen LogP) is 2.30. The van der Waals surface area contributed by atoms with E-state index < -0.39 is 5.97 Å². The summed E-state index contributed by atoms with van der Waals surface area (Å²) in [4.78, 5) is 37.6. The fourth-order valence-corrected chi connectivity index (χ4v) is 4.22. The number of carbonyl (C=O) groups is 3. The number of carboxylic acids is 1. The van der Waals surface area contributed by atoms with E-state index in [1.54, 1.807) is 31.4 Å². The summed E-state index contributed by atoms with van der Waals surface area (Å²) in [6.07, 6.45) is 1.73. The Morgan fingerprint density at radius 3 is 2.44 bits per heavy atom. The van der Waals surface area contributed by atoms with Crippen LogP contribution in [-0.4, -0.2) is 47.8 Å². The van der Waals surface area contributed by atoms with Crippen LogP contribution >= 0.6 is 24.0 Å². The average molecular weight is 472 g/mol. The van der Waals surface area contributed by atoms with E-state index in [-0.39, 0.29) is 30.3 Å². The highest BCUT2D eigenvalue weighted by molar-refractivity contribution is 8.26. The molecule has 2 aromatic carbocycles. The second-order valence-electron chi connectivity index (χ2n) is 6.61. The van der Waals surface area contributed by atoms with Gasteiger partial charge in [-0.15, -0.1) is 0 Å². The number of carboxylic acid groups (broad SMARTS) is 1. The summed E-state index contributed by atoms with van der Waals surface area (Å²) in [6.45, 7) is 0.122. The molecular formula is C22H19N2O6S2-. The number of aromatic carboxylic acids is 1. The molecule has 1 N–H and O–H groups in total. The van der Waals surface area contributed by atoms with Crippen LogP contribution in [0.4, 0.5) is 5.69 Å². The molecule has 0 atom stereocenters. The SMILES string of the molecule is COc1ccc(C=C2SC(=S)N(CCC(=O)Nc3ccc(C(=O)[O-])cc3)C2=O)cc1OC.